The van der Waals surface area contributed by atoms with Gasteiger partial charge in [0.05, 0.1) is 16.5 Å². The lowest BCUT2D eigenvalue weighted by Crippen LogP contribution is -2.42. The molecule has 0 spiro atoms. The fourth-order valence-electron chi connectivity index (χ4n) is 1.34. The van der Waals surface area contributed by atoms with E-state index in [9.17, 15) is 8.60 Å². The molecule has 13 heavy (non-hydrogen) atoms. The predicted molar refractivity (Wildman–Crippen MR) is 61.5 cm³/mol. The highest BCUT2D eigenvalue weighted by molar-refractivity contribution is 14.1. The molecule has 1 N–H and O–H groups in total. The van der Waals surface area contributed by atoms with Gasteiger partial charge < -0.3 is 0 Å². The molecule has 0 saturated heterocycles. The van der Waals surface area contributed by atoms with Crippen molar-refractivity contribution in [3.63, 3.8) is 0 Å². The van der Waals surface area contributed by atoms with Crippen LogP contribution in [-0.2, 0) is 11.0 Å². The van der Waals surface area contributed by atoms with E-state index in [-0.39, 0.29) is 12.2 Å². The Hall–Kier alpha value is 0.250. The highest BCUT2D eigenvalue weighted by Crippen LogP contribution is 2.29. The second-order valence-electron chi connectivity index (χ2n) is 3.27. The summed E-state index contributed by atoms with van der Waals surface area (Å²) in [5.74, 6) is -0.174. The second kappa shape index (κ2) is 4.18. The Kier molecular flexibility index (Phi) is 3.64. The first-order chi connectivity index (χ1) is 5.91. The predicted octanol–water partition coefficient (Wildman–Crippen LogP) is 2.20. The largest absolute Gasteiger partial charge is 0.243 e. The van der Waals surface area contributed by atoms with Crippen molar-refractivity contribution in [3.8, 4) is 0 Å². The molecule has 0 amide bonds. The van der Waals surface area contributed by atoms with Gasteiger partial charge >= 0.3 is 0 Å². The highest BCUT2D eigenvalue weighted by Gasteiger charge is 2.27. The topological polar surface area (TPSA) is 29.1 Å². The summed E-state index contributed by atoms with van der Waals surface area (Å²) in [7, 11) is -1.12. The quantitative estimate of drug-likeness (QED) is 0.778. The van der Waals surface area contributed by atoms with Crippen molar-refractivity contribution in [2.75, 3.05) is 6.26 Å². The molecule has 0 aromatic heterocycles. The molecule has 74 valence electrons. The molecule has 0 saturated carbocycles. The van der Waals surface area contributed by atoms with Gasteiger partial charge in [0, 0.05) is 16.3 Å². The molecule has 2 nitrogen and oxygen atoms in total. The summed E-state index contributed by atoms with van der Waals surface area (Å²) in [6.45, 7) is 1.83. The van der Waals surface area contributed by atoms with Gasteiger partial charge in [0.15, 0.2) is 0 Å². The maximum atomic E-state index is 13.1. The maximum Gasteiger partial charge on any atom is 0.103 e. The fourth-order valence-corrected chi connectivity index (χ4v) is 3.16. The lowest BCUT2D eigenvalue weighted by atomic mass is 9.94. The molecular formula is C8H11FINOS. The van der Waals surface area contributed by atoms with E-state index in [2.05, 4.69) is 4.72 Å². The normalized spacial score (nSPS) is 30.8. The molecule has 1 aliphatic rings. The summed E-state index contributed by atoms with van der Waals surface area (Å²) in [5, 5.41) is 0. The lowest BCUT2D eigenvalue weighted by molar-refractivity contribution is 0.453. The summed E-state index contributed by atoms with van der Waals surface area (Å²) < 4.78 is 27.7. The zero-order chi connectivity index (χ0) is 10.1. The number of allylic oxidation sites excluding steroid dienone is 2. The zero-order valence-corrected chi connectivity index (χ0v) is 10.4. The highest BCUT2D eigenvalue weighted by atomic mass is 127. The van der Waals surface area contributed by atoms with Gasteiger partial charge in [-0.25, -0.2) is 13.3 Å². The van der Waals surface area contributed by atoms with Crippen molar-refractivity contribution in [1.29, 1.82) is 0 Å². The first-order valence-electron chi connectivity index (χ1n) is 3.77. The van der Waals surface area contributed by atoms with E-state index in [4.69, 9.17) is 0 Å². The van der Waals surface area contributed by atoms with Crippen molar-refractivity contribution in [2.45, 2.75) is 18.9 Å². The minimum atomic E-state index is -1.12. The van der Waals surface area contributed by atoms with Crippen LogP contribution in [0.2, 0.25) is 0 Å². The van der Waals surface area contributed by atoms with Gasteiger partial charge in [-0.1, -0.05) is 0 Å². The van der Waals surface area contributed by atoms with Gasteiger partial charge in [0.25, 0.3) is 0 Å². The average Bonchev–Trinajstić information content (AvgIpc) is 1.77. The molecule has 0 bridgehead atoms. The van der Waals surface area contributed by atoms with Crippen molar-refractivity contribution < 1.29 is 8.60 Å². The SMILES string of the molecule is CS(=O)NC1(C)C=C(I)C=C(F)C1. The molecule has 0 aromatic carbocycles. The Morgan fingerprint density at radius 3 is 2.85 bits per heavy atom. The minimum absolute atomic E-state index is 0.174. The molecular weight excluding hydrogens is 304 g/mol. The molecule has 2 atom stereocenters. The third kappa shape index (κ3) is 3.47. The van der Waals surface area contributed by atoms with Crippen molar-refractivity contribution in [2.24, 2.45) is 0 Å². The van der Waals surface area contributed by atoms with Crippen LogP contribution in [0.15, 0.2) is 21.6 Å². The number of rotatable bonds is 2. The van der Waals surface area contributed by atoms with Crippen LogP contribution < -0.4 is 4.72 Å². The van der Waals surface area contributed by atoms with Crippen LogP contribution in [0.1, 0.15) is 13.3 Å². The summed E-state index contributed by atoms with van der Waals surface area (Å²) in [6, 6.07) is 0. The van der Waals surface area contributed by atoms with Crippen molar-refractivity contribution >= 4 is 33.6 Å². The van der Waals surface area contributed by atoms with Crippen molar-refractivity contribution in [3.05, 3.63) is 21.6 Å². The summed E-state index contributed by atoms with van der Waals surface area (Å²) >= 11 is 2.05. The van der Waals surface area contributed by atoms with E-state index >= 15 is 0 Å². The molecule has 2 unspecified atom stereocenters. The zero-order valence-electron chi connectivity index (χ0n) is 7.43. The van der Waals surface area contributed by atoms with E-state index in [0.29, 0.717) is 0 Å². The minimum Gasteiger partial charge on any atom is -0.243 e. The third-order valence-electron chi connectivity index (χ3n) is 1.66. The number of halogens is 2. The van der Waals surface area contributed by atoms with Gasteiger partial charge in [-0.2, -0.15) is 0 Å². The molecule has 1 aliphatic carbocycles. The molecule has 0 aromatic rings. The van der Waals surface area contributed by atoms with Crippen LogP contribution in [0.25, 0.3) is 0 Å². The molecule has 0 radical (unpaired) electrons. The van der Waals surface area contributed by atoms with Gasteiger partial charge in [-0.15, -0.1) is 0 Å². The Balaban J connectivity index is 2.83. The molecule has 0 heterocycles. The first kappa shape index (κ1) is 11.3. The first-order valence-corrected chi connectivity index (χ1v) is 6.41. The fraction of sp³-hybridized carbons (Fsp3) is 0.500. The maximum absolute atomic E-state index is 13.1. The molecule has 5 heteroatoms. The Morgan fingerprint density at radius 2 is 2.38 bits per heavy atom. The van der Waals surface area contributed by atoms with E-state index in [1.54, 1.807) is 6.26 Å². The van der Waals surface area contributed by atoms with Crippen LogP contribution in [-0.4, -0.2) is 16.0 Å². The van der Waals surface area contributed by atoms with Crippen LogP contribution >= 0.6 is 22.6 Å². The van der Waals surface area contributed by atoms with Crippen LogP contribution in [0.3, 0.4) is 0 Å². The average molecular weight is 315 g/mol. The van der Waals surface area contributed by atoms with Gasteiger partial charge in [0.2, 0.25) is 0 Å². The number of hydrogen-bond acceptors (Lipinski definition) is 1. The number of hydrogen-bond donors (Lipinski definition) is 1. The smallest absolute Gasteiger partial charge is 0.103 e. The van der Waals surface area contributed by atoms with E-state index in [1.165, 1.54) is 6.08 Å². The standard InChI is InChI=1S/C8H11FINOS/c1-8(11-13(2)12)4-6(9)3-7(10)5-8/h3,5,11H,4H2,1-2H3. The molecule has 0 fully saturated rings. The second-order valence-corrected chi connectivity index (χ2v) is 5.63. The lowest BCUT2D eigenvalue weighted by Gasteiger charge is -2.28. The van der Waals surface area contributed by atoms with Crippen LogP contribution in [0.5, 0.6) is 0 Å². The van der Waals surface area contributed by atoms with E-state index in [0.717, 1.165) is 3.58 Å². The van der Waals surface area contributed by atoms with E-state index in [1.807, 2.05) is 35.6 Å². The van der Waals surface area contributed by atoms with E-state index < -0.39 is 16.5 Å². The molecule has 0 aliphatic heterocycles. The van der Waals surface area contributed by atoms with Crippen molar-refractivity contribution in [1.82, 2.24) is 4.72 Å². The third-order valence-corrected chi connectivity index (χ3v) is 3.04. The Bertz CT molecular complexity index is 299. The van der Waals surface area contributed by atoms with Gasteiger partial charge in [-0.3, -0.25) is 0 Å². The number of nitrogens with one attached hydrogen (secondary N) is 1. The summed E-state index contributed by atoms with van der Waals surface area (Å²) in [6.07, 6.45) is 5.18. The van der Waals surface area contributed by atoms with Crippen LogP contribution in [0, 0.1) is 0 Å². The van der Waals surface area contributed by atoms with Crippen LogP contribution in [0.4, 0.5) is 4.39 Å². The Morgan fingerprint density at radius 1 is 1.77 bits per heavy atom. The summed E-state index contributed by atoms with van der Waals surface area (Å²) in [4.78, 5) is 0. The monoisotopic (exact) mass is 315 g/mol. The Labute approximate surface area is 93.4 Å². The van der Waals surface area contributed by atoms with Gasteiger partial charge in [0.1, 0.15) is 5.83 Å². The molecule has 1 rings (SSSR count). The summed E-state index contributed by atoms with van der Waals surface area (Å²) in [5.41, 5.74) is -0.519. The van der Waals surface area contributed by atoms with Gasteiger partial charge in [-0.05, 0) is 41.7 Å².